The Hall–Kier alpha value is -1.88. The van der Waals surface area contributed by atoms with Gasteiger partial charge in [-0.1, -0.05) is 30.3 Å². The zero-order valence-electron chi connectivity index (χ0n) is 11.1. The second-order valence-corrected chi connectivity index (χ2v) is 4.57. The van der Waals surface area contributed by atoms with Crippen molar-refractivity contribution >= 4 is 11.9 Å². The van der Waals surface area contributed by atoms with Gasteiger partial charge in [0.2, 0.25) is 5.91 Å². The molecule has 0 aliphatic heterocycles. The Labute approximate surface area is 113 Å². The largest absolute Gasteiger partial charge is 0.480 e. The van der Waals surface area contributed by atoms with Crippen molar-refractivity contribution in [3.8, 4) is 0 Å². The maximum atomic E-state index is 11.8. The third kappa shape index (κ3) is 5.52. The van der Waals surface area contributed by atoms with Crippen LogP contribution in [-0.4, -0.2) is 35.0 Å². The maximum absolute atomic E-state index is 11.8. The molecule has 1 aromatic rings. The summed E-state index contributed by atoms with van der Waals surface area (Å²) in [5.41, 5.74) is 6.45. The highest BCUT2D eigenvalue weighted by molar-refractivity contribution is 5.76. The molecular weight excluding hydrogens is 244 g/mol. The van der Waals surface area contributed by atoms with Crippen molar-refractivity contribution in [2.45, 2.75) is 31.8 Å². The number of hydrogen-bond acceptors (Lipinski definition) is 3. The number of rotatable bonds is 7. The molecule has 1 atom stereocenters. The van der Waals surface area contributed by atoms with Crippen molar-refractivity contribution in [1.82, 2.24) is 4.90 Å². The second kappa shape index (κ2) is 7.53. The van der Waals surface area contributed by atoms with E-state index < -0.39 is 12.0 Å². The molecule has 0 saturated heterocycles. The fourth-order valence-corrected chi connectivity index (χ4v) is 1.73. The number of carboxylic acids is 1. The minimum atomic E-state index is -1.02. The Morgan fingerprint density at radius 2 is 1.95 bits per heavy atom. The highest BCUT2D eigenvalue weighted by Gasteiger charge is 2.13. The zero-order valence-corrected chi connectivity index (χ0v) is 11.1. The number of aliphatic carboxylic acids is 1. The first kappa shape index (κ1) is 15.2. The number of hydrogen-bond donors (Lipinski definition) is 2. The highest BCUT2D eigenvalue weighted by Crippen LogP contribution is 2.07. The maximum Gasteiger partial charge on any atom is 0.320 e. The molecule has 0 bridgehead atoms. The van der Waals surface area contributed by atoms with Gasteiger partial charge < -0.3 is 15.7 Å². The number of nitrogens with zero attached hydrogens (tertiary/aromatic N) is 1. The van der Waals surface area contributed by atoms with Gasteiger partial charge in [-0.2, -0.15) is 0 Å². The highest BCUT2D eigenvalue weighted by atomic mass is 16.4. The van der Waals surface area contributed by atoms with Gasteiger partial charge in [-0.05, 0) is 18.4 Å². The predicted octanol–water partition coefficient (Wildman–Crippen LogP) is 1.23. The van der Waals surface area contributed by atoms with E-state index in [-0.39, 0.29) is 5.91 Å². The first-order valence-electron chi connectivity index (χ1n) is 6.27. The average molecular weight is 264 g/mol. The standard InChI is InChI=1S/C14H20N2O3/c1-16(10-11-6-3-2-4-7-11)13(17)9-5-8-12(15)14(18)19/h2-4,6-7,12H,5,8-10,15H2,1H3,(H,18,19). The predicted molar refractivity (Wildman–Crippen MR) is 72.4 cm³/mol. The van der Waals surface area contributed by atoms with Crippen LogP contribution >= 0.6 is 0 Å². The number of carboxylic acid groups (broad SMARTS) is 1. The van der Waals surface area contributed by atoms with Crippen LogP contribution in [-0.2, 0) is 16.1 Å². The molecule has 19 heavy (non-hydrogen) atoms. The quantitative estimate of drug-likeness (QED) is 0.775. The molecule has 0 saturated carbocycles. The summed E-state index contributed by atoms with van der Waals surface area (Å²) >= 11 is 0. The number of carbonyl (C=O) groups excluding carboxylic acids is 1. The summed E-state index contributed by atoms with van der Waals surface area (Å²) in [5, 5.41) is 8.63. The van der Waals surface area contributed by atoms with Crippen LogP contribution < -0.4 is 5.73 Å². The number of benzene rings is 1. The van der Waals surface area contributed by atoms with Crippen molar-refractivity contribution in [2.75, 3.05) is 7.05 Å². The van der Waals surface area contributed by atoms with Crippen LogP contribution in [0.15, 0.2) is 30.3 Å². The lowest BCUT2D eigenvalue weighted by Crippen LogP contribution is -2.31. The first-order valence-corrected chi connectivity index (χ1v) is 6.27. The molecule has 0 heterocycles. The van der Waals surface area contributed by atoms with Gasteiger partial charge in [0, 0.05) is 20.0 Å². The van der Waals surface area contributed by atoms with Gasteiger partial charge in [-0.25, -0.2) is 0 Å². The van der Waals surface area contributed by atoms with Gasteiger partial charge in [-0.3, -0.25) is 9.59 Å². The van der Waals surface area contributed by atoms with Crippen molar-refractivity contribution in [2.24, 2.45) is 5.73 Å². The third-order valence-electron chi connectivity index (χ3n) is 2.91. The molecule has 5 nitrogen and oxygen atoms in total. The molecular formula is C14H20N2O3. The van der Waals surface area contributed by atoms with Crippen LogP contribution in [0.2, 0.25) is 0 Å². The lowest BCUT2D eigenvalue weighted by atomic mass is 10.1. The molecule has 104 valence electrons. The summed E-state index contributed by atoms with van der Waals surface area (Å²) in [5.74, 6) is -1.02. The van der Waals surface area contributed by atoms with Crippen LogP contribution in [0.5, 0.6) is 0 Å². The summed E-state index contributed by atoms with van der Waals surface area (Å²) < 4.78 is 0. The smallest absolute Gasteiger partial charge is 0.320 e. The van der Waals surface area contributed by atoms with Gasteiger partial charge in [0.25, 0.3) is 0 Å². The van der Waals surface area contributed by atoms with E-state index >= 15 is 0 Å². The molecule has 0 aliphatic rings. The van der Waals surface area contributed by atoms with Gasteiger partial charge in [0.15, 0.2) is 0 Å². The number of nitrogens with two attached hydrogens (primary N) is 1. The van der Waals surface area contributed by atoms with Crippen molar-refractivity contribution in [1.29, 1.82) is 0 Å². The van der Waals surface area contributed by atoms with E-state index in [1.54, 1.807) is 11.9 Å². The Kier molecular flexibility index (Phi) is 6.02. The Morgan fingerprint density at radius 3 is 2.53 bits per heavy atom. The van der Waals surface area contributed by atoms with E-state index in [1.165, 1.54) is 0 Å². The summed E-state index contributed by atoms with van der Waals surface area (Å²) in [6.07, 6.45) is 1.13. The molecule has 1 unspecified atom stereocenters. The average Bonchev–Trinajstić information content (AvgIpc) is 2.39. The minimum absolute atomic E-state index is 0.00134. The molecule has 1 aromatic carbocycles. The van der Waals surface area contributed by atoms with Crippen LogP contribution in [0.4, 0.5) is 0 Å². The third-order valence-corrected chi connectivity index (χ3v) is 2.91. The van der Waals surface area contributed by atoms with E-state index in [0.29, 0.717) is 25.8 Å². The zero-order chi connectivity index (χ0) is 14.3. The SMILES string of the molecule is CN(Cc1ccccc1)C(=O)CCCC(N)C(=O)O. The van der Waals surface area contributed by atoms with E-state index in [9.17, 15) is 9.59 Å². The van der Waals surface area contributed by atoms with Crippen LogP contribution in [0, 0.1) is 0 Å². The fourth-order valence-electron chi connectivity index (χ4n) is 1.73. The Balaban J connectivity index is 2.31. The van der Waals surface area contributed by atoms with Gasteiger partial charge in [0.05, 0.1) is 0 Å². The molecule has 0 radical (unpaired) electrons. The lowest BCUT2D eigenvalue weighted by molar-refractivity contribution is -0.139. The van der Waals surface area contributed by atoms with E-state index in [1.807, 2.05) is 30.3 Å². The summed E-state index contributed by atoms with van der Waals surface area (Å²) in [6.45, 7) is 0.560. The minimum Gasteiger partial charge on any atom is -0.480 e. The van der Waals surface area contributed by atoms with Gasteiger partial charge in [-0.15, -0.1) is 0 Å². The summed E-state index contributed by atoms with van der Waals surface area (Å²) in [6, 6.07) is 8.83. The Bertz CT molecular complexity index is 420. The van der Waals surface area contributed by atoms with Gasteiger partial charge >= 0.3 is 5.97 Å². The fraction of sp³-hybridized carbons (Fsp3) is 0.429. The first-order chi connectivity index (χ1) is 9.00. The molecule has 3 N–H and O–H groups in total. The molecule has 0 aromatic heterocycles. The monoisotopic (exact) mass is 264 g/mol. The van der Waals surface area contributed by atoms with Gasteiger partial charge in [0.1, 0.15) is 6.04 Å². The molecule has 0 spiro atoms. The molecule has 0 aliphatic carbocycles. The normalized spacial score (nSPS) is 11.9. The topological polar surface area (TPSA) is 83.6 Å². The van der Waals surface area contributed by atoms with E-state index in [0.717, 1.165) is 5.56 Å². The van der Waals surface area contributed by atoms with E-state index in [2.05, 4.69) is 0 Å². The van der Waals surface area contributed by atoms with Crippen molar-refractivity contribution in [3.05, 3.63) is 35.9 Å². The second-order valence-electron chi connectivity index (χ2n) is 4.57. The molecule has 0 fully saturated rings. The van der Waals surface area contributed by atoms with E-state index in [4.69, 9.17) is 10.8 Å². The van der Waals surface area contributed by atoms with Crippen LogP contribution in [0.1, 0.15) is 24.8 Å². The molecule has 1 amide bonds. The van der Waals surface area contributed by atoms with Crippen LogP contribution in [0.3, 0.4) is 0 Å². The summed E-state index contributed by atoms with van der Waals surface area (Å²) in [4.78, 5) is 24.0. The van der Waals surface area contributed by atoms with Crippen molar-refractivity contribution in [3.63, 3.8) is 0 Å². The van der Waals surface area contributed by atoms with Crippen molar-refractivity contribution < 1.29 is 14.7 Å². The van der Waals surface area contributed by atoms with Crippen LogP contribution in [0.25, 0.3) is 0 Å². The number of carbonyl (C=O) groups is 2. The lowest BCUT2D eigenvalue weighted by Gasteiger charge is -2.17. The summed E-state index contributed by atoms with van der Waals surface area (Å²) in [7, 11) is 1.74. The molecule has 1 rings (SSSR count). The molecule has 5 heteroatoms. The number of amides is 1. The Morgan fingerprint density at radius 1 is 1.32 bits per heavy atom.